The Kier molecular flexibility index (Phi) is 3.13. The van der Waals surface area contributed by atoms with Gasteiger partial charge in [-0.2, -0.15) is 0 Å². The second-order valence-electron chi connectivity index (χ2n) is 4.50. The van der Waals surface area contributed by atoms with Crippen LogP contribution in [-0.4, -0.2) is 11.7 Å². The molecule has 0 spiro atoms. The lowest BCUT2D eigenvalue weighted by Gasteiger charge is -2.00. The van der Waals surface area contributed by atoms with E-state index in [1.54, 1.807) is 0 Å². The van der Waals surface area contributed by atoms with Crippen molar-refractivity contribution in [1.82, 2.24) is 0 Å². The minimum absolute atomic E-state index is 0.0181. The normalized spacial score (nSPS) is 35.1. The first-order chi connectivity index (χ1) is 6.87. The summed E-state index contributed by atoms with van der Waals surface area (Å²) in [4.78, 5) is 0. The summed E-state index contributed by atoms with van der Waals surface area (Å²) in [5.41, 5.74) is 0.0181. The van der Waals surface area contributed by atoms with Crippen molar-refractivity contribution in [1.29, 1.82) is 0 Å². The highest BCUT2D eigenvalue weighted by atomic mass is 16.6. The Labute approximate surface area is 87.2 Å². The topological polar surface area (TPSA) is 12.5 Å². The van der Waals surface area contributed by atoms with Crippen LogP contribution in [0.3, 0.4) is 0 Å². The first-order valence-corrected chi connectivity index (χ1v) is 6.05. The molecule has 2 aliphatic rings. The molecule has 1 heterocycles. The minimum Gasteiger partial charge on any atom is -0.352 e. The zero-order valence-corrected chi connectivity index (χ0v) is 9.14. The third-order valence-electron chi connectivity index (χ3n) is 3.29. The third kappa shape index (κ3) is 2.12. The van der Waals surface area contributed by atoms with Gasteiger partial charge in [-0.3, -0.25) is 0 Å². The van der Waals surface area contributed by atoms with Crippen LogP contribution in [-0.2, 0) is 4.74 Å². The molecule has 78 valence electrons. The summed E-state index contributed by atoms with van der Waals surface area (Å²) >= 11 is 0. The summed E-state index contributed by atoms with van der Waals surface area (Å²) in [6.45, 7) is 2.21. The fourth-order valence-electron chi connectivity index (χ4n) is 2.28. The molecule has 1 saturated heterocycles. The molecular weight excluding hydrogens is 172 g/mol. The van der Waals surface area contributed by atoms with Crippen molar-refractivity contribution >= 4 is 0 Å². The summed E-state index contributed by atoms with van der Waals surface area (Å²) < 4.78 is 5.75. The smallest absolute Gasteiger partial charge is 0.155 e. The summed E-state index contributed by atoms with van der Waals surface area (Å²) in [6, 6.07) is 0. The molecule has 1 nitrogen and oxygen atoms in total. The number of epoxide rings is 1. The number of rotatable bonds is 2. The van der Waals surface area contributed by atoms with Gasteiger partial charge in [-0.05, 0) is 25.7 Å². The quantitative estimate of drug-likeness (QED) is 0.371. The lowest BCUT2D eigenvalue weighted by Crippen LogP contribution is -2.10. The van der Waals surface area contributed by atoms with Gasteiger partial charge >= 0.3 is 0 Å². The van der Waals surface area contributed by atoms with Crippen LogP contribution < -0.4 is 0 Å². The van der Waals surface area contributed by atoms with E-state index >= 15 is 0 Å². The number of hydrogen-bond donors (Lipinski definition) is 0. The van der Waals surface area contributed by atoms with E-state index in [1.165, 1.54) is 44.9 Å². The number of ether oxygens (including phenoxy) is 1. The zero-order chi connectivity index (χ0) is 9.86. The van der Waals surface area contributed by atoms with Gasteiger partial charge in [0.1, 0.15) is 0 Å². The fourth-order valence-corrected chi connectivity index (χ4v) is 2.28. The van der Waals surface area contributed by atoms with Gasteiger partial charge in [-0.1, -0.05) is 32.1 Å². The fraction of sp³-hybridized carbons (Fsp3) is 0.846. The van der Waals surface area contributed by atoms with Crippen LogP contribution in [0, 0.1) is 11.8 Å². The molecule has 1 saturated carbocycles. The lowest BCUT2D eigenvalue weighted by molar-refractivity contribution is 0.303. The van der Waals surface area contributed by atoms with Crippen LogP contribution in [0.25, 0.3) is 0 Å². The molecule has 1 aliphatic heterocycles. The average Bonchev–Trinajstić information content (AvgIpc) is 2.86. The molecule has 0 unspecified atom stereocenters. The van der Waals surface area contributed by atoms with E-state index in [0.717, 1.165) is 6.42 Å². The van der Waals surface area contributed by atoms with Crippen molar-refractivity contribution in [2.75, 3.05) is 0 Å². The van der Waals surface area contributed by atoms with Gasteiger partial charge in [-0.15, -0.1) is 5.92 Å². The maximum atomic E-state index is 5.75. The van der Waals surface area contributed by atoms with Gasteiger partial charge in [0.2, 0.25) is 0 Å². The molecule has 0 N–H and O–H groups in total. The molecule has 0 radical (unpaired) electrons. The second-order valence-corrected chi connectivity index (χ2v) is 4.50. The molecule has 0 aromatic heterocycles. The maximum absolute atomic E-state index is 5.75. The van der Waals surface area contributed by atoms with E-state index in [9.17, 15) is 0 Å². The predicted molar refractivity (Wildman–Crippen MR) is 58.0 cm³/mol. The molecule has 0 aromatic rings. The molecule has 2 atom stereocenters. The average molecular weight is 192 g/mol. The molecule has 2 fully saturated rings. The van der Waals surface area contributed by atoms with E-state index in [4.69, 9.17) is 4.74 Å². The van der Waals surface area contributed by atoms with Crippen LogP contribution >= 0.6 is 0 Å². The first kappa shape index (κ1) is 10.1. The monoisotopic (exact) mass is 192 g/mol. The first-order valence-electron chi connectivity index (χ1n) is 6.05. The standard InChI is InChI=1S/C13H20O/c1-2-3-4-7-10-13-11-8-5-6-9-12(13)14-13/h12H,2-6,8-9,11H2,1H3/t12-,13+/m1/s1. The van der Waals surface area contributed by atoms with Gasteiger partial charge in [0.15, 0.2) is 5.60 Å². The van der Waals surface area contributed by atoms with E-state index in [-0.39, 0.29) is 5.60 Å². The van der Waals surface area contributed by atoms with Crippen molar-refractivity contribution < 1.29 is 4.74 Å². The highest BCUT2D eigenvalue weighted by Crippen LogP contribution is 2.45. The van der Waals surface area contributed by atoms with E-state index in [1.807, 2.05) is 0 Å². The largest absolute Gasteiger partial charge is 0.352 e. The molecule has 2 rings (SSSR count). The summed E-state index contributed by atoms with van der Waals surface area (Å²) in [6.07, 6.45) is 10.4. The van der Waals surface area contributed by atoms with Crippen molar-refractivity contribution in [3.63, 3.8) is 0 Å². The third-order valence-corrected chi connectivity index (χ3v) is 3.29. The van der Waals surface area contributed by atoms with Gasteiger partial charge in [0.25, 0.3) is 0 Å². The lowest BCUT2D eigenvalue weighted by atomic mass is 10.0. The van der Waals surface area contributed by atoms with Crippen LogP contribution in [0.15, 0.2) is 0 Å². The molecule has 0 aromatic carbocycles. The Morgan fingerprint density at radius 3 is 3.14 bits per heavy atom. The summed E-state index contributed by atoms with van der Waals surface area (Å²) in [5, 5.41) is 0. The number of unbranched alkanes of at least 4 members (excludes halogenated alkanes) is 2. The van der Waals surface area contributed by atoms with Gasteiger partial charge < -0.3 is 4.74 Å². The van der Waals surface area contributed by atoms with Crippen LogP contribution in [0.5, 0.6) is 0 Å². The molecular formula is C13H20O. The zero-order valence-electron chi connectivity index (χ0n) is 9.14. The highest BCUT2D eigenvalue weighted by Gasteiger charge is 2.54. The Bertz CT molecular complexity index is 248. The van der Waals surface area contributed by atoms with Crippen molar-refractivity contribution in [3.8, 4) is 11.8 Å². The van der Waals surface area contributed by atoms with Crippen molar-refractivity contribution in [2.45, 2.75) is 70.0 Å². The molecule has 0 amide bonds. The van der Waals surface area contributed by atoms with Crippen LogP contribution in [0.2, 0.25) is 0 Å². The Hall–Kier alpha value is -0.480. The molecule has 1 aliphatic carbocycles. The SMILES string of the molecule is CCCCC#C[C@]12CCCCC[C@H]1O2. The molecule has 1 heteroatoms. The number of fused-ring (bicyclic) bond motifs is 1. The van der Waals surface area contributed by atoms with Crippen LogP contribution in [0.4, 0.5) is 0 Å². The Morgan fingerprint density at radius 1 is 1.36 bits per heavy atom. The Balaban J connectivity index is 1.86. The van der Waals surface area contributed by atoms with E-state index in [0.29, 0.717) is 6.10 Å². The van der Waals surface area contributed by atoms with Gasteiger partial charge in [0, 0.05) is 6.42 Å². The highest BCUT2D eigenvalue weighted by molar-refractivity contribution is 5.25. The van der Waals surface area contributed by atoms with Gasteiger partial charge in [0.05, 0.1) is 6.10 Å². The number of hydrogen-bond acceptors (Lipinski definition) is 1. The summed E-state index contributed by atoms with van der Waals surface area (Å²) in [5.74, 6) is 6.67. The van der Waals surface area contributed by atoms with Crippen molar-refractivity contribution in [3.05, 3.63) is 0 Å². The van der Waals surface area contributed by atoms with Gasteiger partial charge in [-0.25, -0.2) is 0 Å². The molecule has 14 heavy (non-hydrogen) atoms. The predicted octanol–water partition coefficient (Wildman–Crippen LogP) is 3.28. The van der Waals surface area contributed by atoms with Crippen LogP contribution in [0.1, 0.15) is 58.3 Å². The van der Waals surface area contributed by atoms with E-state index < -0.39 is 0 Å². The minimum atomic E-state index is 0.0181. The second kappa shape index (κ2) is 4.36. The molecule has 0 bridgehead atoms. The van der Waals surface area contributed by atoms with Crippen molar-refractivity contribution in [2.24, 2.45) is 0 Å². The Morgan fingerprint density at radius 2 is 2.29 bits per heavy atom. The maximum Gasteiger partial charge on any atom is 0.155 e. The summed E-state index contributed by atoms with van der Waals surface area (Å²) in [7, 11) is 0. The van der Waals surface area contributed by atoms with E-state index in [2.05, 4.69) is 18.8 Å².